The molecule has 0 aliphatic carbocycles. The summed E-state index contributed by atoms with van der Waals surface area (Å²) in [5.41, 5.74) is 7.09. The topological polar surface area (TPSA) is 157 Å². The van der Waals surface area contributed by atoms with Crippen molar-refractivity contribution < 1.29 is 27.5 Å². The quantitative estimate of drug-likeness (QED) is 0.225. The molecule has 39 heavy (non-hydrogen) atoms. The Balaban J connectivity index is 1.63. The van der Waals surface area contributed by atoms with Gasteiger partial charge in [0, 0.05) is 13.0 Å². The molecule has 10 nitrogen and oxygen atoms in total. The predicted molar refractivity (Wildman–Crippen MR) is 146 cm³/mol. The number of benzene rings is 3. The Morgan fingerprint density at radius 3 is 1.92 bits per heavy atom. The minimum Gasteiger partial charge on any atom is -0.445 e. The molecule has 206 valence electrons. The Morgan fingerprint density at radius 2 is 1.33 bits per heavy atom. The fraction of sp³-hybridized carbons (Fsp3) is 0.250. The van der Waals surface area contributed by atoms with Crippen LogP contribution in [0.3, 0.4) is 0 Å². The van der Waals surface area contributed by atoms with Crippen molar-refractivity contribution in [2.75, 3.05) is 6.54 Å². The Labute approximate surface area is 228 Å². The molecule has 0 aliphatic heterocycles. The standard InChI is InChI=1S/C28H32N4O6S/c29-26(33)25(19-21-11-4-1-5-12-21)31-27(34)24(32-28(35)38-20-22-13-6-2-7-14-22)17-10-18-30-39(36,37)23-15-8-3-9-16-23/h1-9,11-16,24-25,30H,10,17-20H2,(H2,29,33)(H,31,34)(H,32,35). The molecule has 0 aromatic heterocycles. The third-order valence-corrected chi connectivity index (χ3v) is 7.26. The lowest BCUT2D eigenvalue weighted by atomic mass is 10.0. The Morgan fingerprint density at radius 1 is 0.769 bits per heavy atom. The van der Waals surface area contributed by atoms with Crippen molar-refractivity contribution in [2.24, 2.45) is 5.73 Å². The molecule has 0 saturated carbocycles. The molecule has 3 aromatic carbocycles. The number of ether oxygens (including phenoxy) is 1. The molecule has 0 spiro atoms. The first-order valence-electron chi connectivity index (χ1n) is 12.4. The van der Waals surface area contributed by atoms with E-state index in [9.17, 15) is 22.8 Å². The first kappa shape index (κ1) is 29.3. The highest BCUT2D eigenvalue weighted by Crippen LogP contribution is 2.09. The monoisotopic (exact) mass is 552 g/mol. The van der Waals surface area contributed by atoms with Crippen molar-refractivity contribution in [1.29, 1.82) is 0 Å². The van der Waals surface area contributed by atoms with Crippen molar-refractivity contribution in [2.45, 2.75) is 42.8 Å². The maximum atomic E-state index is 13.1. The van der Waals surface area contributed by atoms with Crippen molar-refractivity contribution in [1.82, 2.24) is 15.4 Å². The van der Waals surface area contributed by atoms with Crippen molar-refractivity contribution in [3.8, 4) is 0 Å². The number of hydrogen-bond donors (Lipinski definition) is 4. The predicted octanol–water partition coefficient (Wildman–Crippen LogP) is 2.25. The Bertz CT molecular complexity index is 1320. The lowest BCUT2D eigenvalue weighted by Crippen LogP contribution is -2.53. The normalized spacial score (nSPS) is 12.6. The van der Waals surface area contributed by atoms with Crippen LogP contribution in [0.1, 0.15) is 24.0 Å². The number of carbonyl (C=O) groups is 3. The lowest BCUT2D eigenvalue weighted by Gasteiger charge is -2.22. The zero-order chi connectivity index (χ0) is 28.1. The molecule has 2 unspecified atom stereocenters. The Kier molecular flexibility index (Phi) is 11.0. The van der Waals surface area contributed by atoms with Crippen molar-refractivity contribution in [3.63, 3.8) is 0 Å². The van der Waals surface area contributed by atoms with Gasteiger partial charge in [0.25, 0.3) is 0 Å². The maximum absolute atomic E-state index is 13.1. The van der Waals surface area contributed by atoms with Crippen LogP contribution in [0.15, 0.2) is 95.9 Å². The van der Waals surface area contributed by atoms with Crippen LogP contribution < -0.4 is 21.1 Å². The van der Waals surface area contributed by atoms with Crippen LogP contribution in [0.2, 0.25) is 0 Å². The van der Waals surface area contributed by atoms with E-state index in [4.69, 9.17) is 10.5 Å². The minimum atomic E-state index is -3.73. The summed E-state index contributed by atoms with van der Waals surface area (Å²) in [7, 11) is -3.73. The summed E-state index contributed by atoms with van der Waals surface area (Å²) in [5, 5.41) is 5.13. The molecule has 11 heteroatoms. The summed E-state index contributed by atoms with van der Waals surface area (Å²) in [5.74, 6) is -1.37. The molecular weight excluding hydrogens is 520 g/mol. The van der Waals surface area contributed by atoms with Gasteiger partial charge in [-0.25, -0.2) is 17.9 Å². The molecule has 2 atom stereocenters. The van der Waals surface area contributed by atoms with Crippen LogP contribution in [0.25, 0.3) is 0 Å². The molecular formula is C28H32N4O6S. The first-order chi connectivity index (χ1) is 18.7. The zero-order valence-electron chi connectivity index (χ0n) is 21.3. The van der Waals surface area contributed by atoms with Crippen LogP contribution in [-0.2, 0) is 37.4 Å². The summed E-state index contributed by atoms with van der Waals surface area (Å²) in [6, 6.07) is 23.8. The van der Waals surface area contributed by atoms with Gasteiger partial charge in [-0.2, -0.15) is 0 Å². The van der Waals surface area contributed by atoms with E-state index in [0.29, 0.717) is 0 Å². The van der Waals surface area contributed by atoms with Crippen LogP contribution >= 0.6 is 0 Å². The number of primary amides is 1. The van der Waals surface area contributed by atoms with Gasteiger partial charge in [-0.1, -0.05) is 78.9 Å². The van der Waals surface area contributed by atoms with E-state index in [-0.39, 0.29) is 37.3 Å². The van der Waals surface area contributed by atoms with E-state index in [0.717, 1.165) is 11.1 Å². The zero-order valence-corrected chi connectivity index (χ0v) is 22.1. The van der Waals surface area contributed by atoms with E-state index in [1.807, 2.05) is 12.1 Å². The third kappa shape index (κ3) is 9.87. The smallest absolute Gasteiger partial charge is 0.408 e. The van der Waals surface area contributed by atoms with Gasteiger partial charge in [0.15, 0.2) is 0 Å². The van der Waals surface area contributed by atoms with Crippen LogP contribution in [-0.4, -0.2) is 45.0 Å². The van der Waals surface area contributed by atoms with Crippen LogP contribution in [0, 0.1) is 0 Å². The molecule has 0 radical (unpaired) electrons. The van der Waals surface area contributed by atoms with Gasteiger partial charge in [-0.15, -0.1) is 0 Å². The number of sulfonamides is 1. The molecule has 0 saturated heterocycles. The van der Waals surface area contributed by atoms with Crippen LogP contribution in [0.5, 0.6) is 0 Å². The maximum Gasteiger partial charge on any atom is 0.408 e. The Hall–Kier alpha value is -4.22. The van der Waals surface area contributed by atoms with Gasteiger partial charge in [0.2, 0.25) is 21.8 Å². The molecule has 0 fully saturated rings. The molecule has 3 aromatic rings. The van der Waals surface area contributed by atoms with E-state index >= 15 is 0 Å². The first-order valence-corrected chi connectivity index (χ1v) is 13.9. The summed E-state index contributed by atoms with van der Waals surface area (Å²) < 4.78 is 32.7. The highest BCUT2D eigenvalue weighted by molar-refractivity contribution is 7.89. The number of nitrogens with one attached hydrogen (secondary N) is 3. The summed E-state index contributed by atoms with van der Waals surface area (Å²) in [6.07, 6.45) is -0.379. The average molecular weight is 553 g/mol. The number of nitrogens with two attached hydrogens (primary N) is 1. The second-order valence-electron chi connectivity index (χ2n) is 8.76. The fourth-order valence-electron chi connectivity index (χ4n) is 3.72. The molecule has 0 heterocycles. The average Bonchev–Trinajstić information content (AvgIpc) is 2.94. The number of carbonyl (C=O) groups excluding carboxylic acids is 3. The second-order valence-corrected chi connectivity index (χ2v) is 10.5. The van der Waals surface area contributed by atoms with Crippen LogP contribution in [0.4, 0.5) is 4.79 Å². The number of rotatable bonds is 14. The highest BCUT2D eigenvalue weighted by atomic mass is 32.2. The summed E-state index contributed by atoms with van der Waals surface area (Å²) in [6.45, 7) is 0.0147. The number of amides is 3. The number of hydrogen-bond acceptors (Lipinski definition) is 6. The lowest BCUT2D eigenvalue weighted by molar-refractivity contribution is -0.128. The van der Waals surface area contributed by atoms with E-state index in [1.165, 1.54) is 12.1 Å². The van der Waals surface area contributed by atoms with Gasteiger partial charge in [-0.05, 0) is 36.1 Å². The second kappa shape index (κ2) is 14.6. The van der Waals surface area contributed by atoms with E-state index in [1.54, 1.807) is 66.7 Å². The van der Waals surface area contributed by atoms with E-state index in [2.05, 4.69) is 15.4 Å². The van der Waals surface area contributed by atoms with Gasteiger partial charge >= 0.3 is 6.09 Å². The van der Waals surface area contributed by atoms with Crippen molar-refractivity contribution in [3.05, 3.63) is 102 Å². The molecule has 3 rings (SSSR count). The summed E-state index contributed by atoms with van der Waals surface area (Å²) >= 11 is 0. The SMILES string of the molecule is NC(=O)C(Cc1ccccc1)NC(=O)C(CCCNS(=O)(=O)c1ccccc1)NC(=O)OCc1ccccc1. The van der Waals surface area contributed by atoms with Crippen molar-refractivity contribution >= 4 is 27.9 Å². The summed E-state index contributed by atoms with van der Waals surface area (Å²) in [4.78, 5) is 37.8. The molecule has 0 bridgehead atoms. The largest absolute Gasteiger partial charge is 0.445 e. The molecule has 5 N–H and O–H groups in total. The number of alkyl carbamates (subject to hydrolysis) is 1. The fourth-order valence-corrected chi connectivity index (χ4v) is 4.81. The third-order valence-electron chi connectivity index (χ3n) is 5.78. The van der Waals surface area contributed by atoms with Gasteiger partial charge in [0.1, 0.15) is 18.7 Å². The van der Waals surface area contributed by atoms with E-state index < -0.39 is 40.0 Å². The highest BCUT2D eigenvalue weighted by Gasteiger charge is 2.26. The van der Waals surface area contributed by atoms with Gasteiger partial charge in [0.05, 0.1) is 4.90 Å². The molecule has 3 amide bonds. The minimum absolute atomic E-state index is 0.00416. The van der Waals surface area contributed by atoms with Gasteiger partial charge < -0.3 is 21.1 Å². The molecule has 0 aliphatic rings. The van der Waals surface area contributed by atoms with Gasteiger partial charge in [-0.3, -0.25) is 9.59 Å².